The van der Waals surface area contributed by atoms with Gasteiger partial charge in [0, 0.05) is 32.6 Å². The second-order valence-corrected chi connectivity index (χ2v) is 6.39. The monoisotopic (exact) mass is 376 g/mol. The van der Waals surface area contributed by atoms with Crippen molar-refractivity contribution in [2.45, 2.75) is 33.1 Å². The molecule has 1 fully saturated rings. The fraction of sp³-hybridized carbons (Fsp3) is 0.600. The Balaban J connectivity index is 1.71. The minimum absolute atomic E-state index is 0.167. The zero-order valence-corrected chi connectivity index (χ0v) is 16.6. The number of nitrogens with zero attached hydrogens (tertiary/aromatic N) is 1. The van der Waals surface area contributed by atoms with E-state index in [1.807, 2.05) is 26.0 Å². The van der Waals surface area contributed by atoms with Crippen molar-refractivity contribution in [1.82, 2.24) is 16.0 Å². The van der Waals surface area contributed by atoms with Crippen molar-refractivity contribution >= 4 is 11.9 Å². The normalized spacial score (nSPS) is 13.8. The SMILES string of the molecule is CCOc1ccc(CCNC(=NC)NCCNC(=O)C2CC2)cc1OCC. The van der Waals surface area contributed by atoms with Gasteiger partial charge in [-0.2, -0.15) is 0 Å². The average molecular weight is 377 g/mol. The van der Waals surface area contributed by atoms with Crippen LogP contribution in [-0.2, 0) is 11.2 Å². The van der Waals surface area contributed by atoms with E-state index in [9.17, 15) is 4.79 Å². The Bertz CT molecular complexity index is 630. The van der Waals surface area contributed by atoms with E-state index in [2.05, 4.69) is 27.0 Å². The van der Waals surface area contributed by atoms with Crippen LogP contribution in [0.2, 0.25) is 0 Å². The summed E-state index contributed by atoms with van der Waals surface area (Å²) in [5, 5.41) is 9.42. The van der Waals surface area contributed by atoms with E-state index in [1.54, 1.807) is 7.05 Å². The summed E-state index contributed by atoms with van der Waals surface area (Å²) in [6.45, 7) is 7.14. The Labute approximate surface area is 161 Å². The number of carbonyl (C=O) groups is 1. The molecule has 0 atom stereocenters. The van der Waals surface area contributed by atoms with Crippen LogP contribution in [0.4, 0.5) is 0 Å². The maximum Gasteiger partial charge on any atom is 0.223 e. The molecule has 1 aliphatic carbocycles. The molecular formula is C20H32N4O3. The fourth-order valence-corrected chi connectivity index (χ4v) is 2.65. The lowest BCUT2D eigenvalue weighted by Crippen LogP contribution is -2.42. The number of benzene rings is 1. The third-order valence-corrected chi connectivity index (χ3v) is 4.20. The Morgan fingerprint density at radius 3 is 2.37 bits per heavy atom. The number of ether oxygens (including phenoxy) is 2. The molecule has 1 aromatic carbocycles. The summed E-state index contributed by atoms with van der Waals surface area (Å²) in [4.78, 5) is 15.8. The first-order valence-electron chi connectivity index (χ1n) is 9.78. The topological polar surface area (TPSA) is 84.0 Å². The third-order valence-electron chi connectivity index (χ3n) is 4.20. The van der Waals surface area contributed by atoms with Crippen LogP contribution < -0.4 is 25.4 Å². The van der Waals surface area contributed by atoms with Gasteiger partial charge >= 0.3 is 0 Å². The molecule has 0 bridgehead atoms. The van der Waals surface area contributed by atoms with Crippen molar-refractivity contribution in [2.75, 3.05) is 39.9 Å². The molecule has 1 aromatic rings. The second-order valence-electron chi connectivity index (χ2n) is 6.39. The van der Waals surface area contributed by atoms with E-state index in [1.165, 1.54) is 5.56 Å². The van der Waals surface area contributed by atoms with Gasteiger partial charge in [0.25, 0.3) is 0 Å². The van der Waals surface area contributed by atoms with E-state index in [-0.39, 0.29) is 11.8 Å². The minimum atomic E-state index is 0.167. The summed E-state index contributed by atoms with van der Waals surface area (Å²) >= 11 is 0. The Morgan fingerprint density at radius 1 is 1.04 bits per heavy atom. The van der Waals surface area contributed by atoms with Gasteiger partial charge in [-0.1, -0.05) is 6.07 Å². The van der Waals surface area contributed by atoms with Crippen LogP contribution in [0.15, 0.2) is 23.2 Å². The van der Waals surface area contributed by atoms with Crippen molar-refractivity contribution in [3.8, 4) is 11.5 Å². The maximum atomic E-state index is 11.6. The first-order valence-corrected chi connectivity index (χ1v) is 9.78. The molecule has 0 spiro atoms. The summed E-state index contributed by atoms with van der Waals surface area (Å²) in [7, 11) is 1.74. The molecule has 0 heterocycles. The van der Waals surface area contributed by atoms with Crippen LogP contribution in [0.5, 0.6) is 11.5 Å². The van der Waals surface area contributed by atoms with E-state index < -0.39 is 0 Å². The smallest absolute Gasteiger partial charge is 0.223 e. The van der Waals surface area contributed by atoms with E-state index in [0.717, 1.165) is 43.3 Å². The molecule has 0 unspecified atom stereocenters. The second kappa shape index (κ2) is 11.3. The molecule has 1 aliphatic rings. The zero-order chi connectivity index (χ0) is 19.5. The Hall–Kier alpha value is -2.44. The third kappa shape index (κ3) is 7.37. The van der Waals surface area contributed by atoms with Gasteiger partial charge in [-0.3, -0.25) is 9.79 Å². The van der Waals surface area contributed by atoms with Crippen molar-refractivity contribution in [3.05, 3.63) is 23.8 Å². The first kappa shape index (κ1) is 20.9. The van der Waals surface area contributed by atoms with Gasteiger partial charge in [-0.25, -0.2) is 0 Å². The highest BCUT2D eigenvalue weighted by molar-refractivity contribution is 5.81. The molecule has 7 heteroatoms. The molecule has 3 N–H and O–H groups in total. The van der Waals surface area contributed by atoms with Crippen molar-refractivity contribution in [1.29, 1.82) is 0 Å². The van der Waals surface area contributed by atoms with Crippen LogP contribution in [0.1, 0.15) is 32.3 Å². The van der Waals surface area contributed by atoms with Gasteiger partial charge in [0.1, 0.15) is 0 Å². The molecule has 0 saturated heterocycles. The maximum absolute atomic E-state index is 11.6. The minimum Gasteiger partial charge on any atom is -0.490 e. The predicted molar refractivity (Wildman–Crippen MR) is 108 cm³/mol. The molecule has 0 aliphatic heterocycles. The van der Waals surface area contributed by atoms with Gasteiger partial charge in [-0.15, -0.1) is 0 Å². The highest BCUT2D eigenvalue weighted by Crippen LogP contribution is 2.29. The number of carbonyl (C=O) groups excluding carboxylic acids is 1. The molecule has 1 amide bonds. The Kier molecular flexibility index (Phi) is 8.74. The number of hydrogen-bond donors (Lipinski definition) is 3. The number of amides is 1. The van der Waals surface area contributed by atoms with Crippen LogP contribution in [0, 0.1) is 5.92 Å². The molecule has 150 valence electrons. The molecule has 27 heavy (non-hydrogen) atoms. The molecular weight excluding hydrogens is 344 g/mol. The lowest BCUT2D eigenvalue weighted by atomic mass is 10.1. The summed E-state index contributed by atoms with van der Waals surface area (Å²) in [5.41, 5.74) is 1.17. The van der Waals surface area contributed by atoms with E-state index in [0.29, 0.717) is 26.3 Å². The Morgan fingerprint density at radius 2 is 1.70 bits per heavy atom. The number of aliphatic imine (C=N–C) groups is 1. The van der Waals surface area contributed by atoms with E-state index in [4.69, 9.17) is 9.47 Å². The number of hydrogen-bond acceptors (Lipinski definition) is 4. The lowest BCUT2D eigenvalue weighted by Gasteiger charge is -2.14. The molecule has 1 saturated carbocycles. The lowest BCUT2D eigenvalue weighted by molar-refractivity contribution is -0.122. The number of rotatable bonds is 11. The quantitative estimate of drug-likeness (QED) is 0.311. The highest BCUT2D eigenvalue weighted by atomic mass is 16.5. The molecule has 0 aromatic heterocycles. The summed E-state index contributed by atoms with van der Waals surface area (Å²) in [5.74, 6) is 2.71. The van der Waals surface area contributed by atoms with Crippen molar-refractivity contribution in [2.24, 2.45) is 10.9 Å². The first-order chi connectivity index (χ1) is 13.2. The summed E-state index contributed by atoms with van der Waals surface area (Å²) in [6.07, 6.45) is 2.89. The van der Waals surface area contributed by atoms with Crippen molar-refractivity contribution in [3.63, 3.8) is 0 Å². The number of nitrogens with one attached hydrogen (secondary N) is 3. The standard InChI is InChI=1S/C20H32N4O3/c1-4-26-17-9-6-15(14-18(17)27-5-2)10-11-23-20(21-3)24-13-12-22-19(25)16-7-8-16/h6,9,14,16H,4-5,7-8,10-13H2,1-3H3,(H,22,25)(H2,21,23,24). The van der Waals surface area contributed by atoms with Gasteiger partial charge in [-0.05, 0) is 50.8 Å². The van der Waals surface area contributed by atoms with Gasteiger partial charge in [0.2, 0.25) is 5.91 Å². The van der Waals surface area contributed by atoms with Gasteiger partial charge in [0.15, 0.2) is 17.5 Å². The zero-order valence-electron chi connectivity index (χ0n) is 16.6. The molecule has 2 rings (SSSR count). The average Bonchev–Trinajstić information content (AvgIpc) is 3.51. The largest absolute Gasteiger partial charge is 0.490 e. The number of guanidine groups is 1. The van der Waals surface area contributed by atoms with Crippen molar-refractivity contribution < 1.29 is 14.3 Å². The van der Waals surface area contributed by atoms with Gasteiger partial charge < -0.3 is 25.4 Å². The highest BCUT2D eigenvalue weighted by Gasteiger charge is 2.28. The predicted octanol–water partition coefficient (Wildman–Crippen LogP) is 1.72. The fourth-order valence-electron chi connectivity index (χ4n) is 2.65. The summed E-state index contributed by atoms with van der Waals surface area (Å²) < 4.78 is 11.3. The van der Waals surface area contributed by atoms with E-state index >= 15 is 0 Å². The van der Waals surface area contributed by atoms with Crippen LogP contribution in [-0.4, -0.2) is 51.8 Å². The van der Waals surface area contributed by atoms with Crippen LogP contribution >= 0.6 is 0 Å². The molecule has 0 radical (unpaired) electrons. The molecule has 7 nitrogen and oxygen atoms in total. The van der Waals surface area contributed by atoms with Crippen LogP contribution in [0.3, 0.4) is 0 Å². The van der Waals surface area contributed by atoms with Gasteiger partial charge in [0.05, 0.1) is 13.2 Å². The summed E-state index contributed by atoms with van der Waals surface area (Å²) in [6, 6.07) is 6.04. The van der Waals surface area contributed by atoms with Crippen LogP contribution in [0.25, 0.3) is 0 Å².